The zero-order chi connectivity index (χ0) is 18.2. The van der Waals surface area contributed by atoms with E-state index in [9.17, 15) is 4.79 Å². The highest BCUT2D eigenvalue weighted by Gasteiger charge is 2.28. The van der Waals surface area contributed by atoms with E-state index in [1.807, 2.05) is 50.2 Å². The summed E-state index contributed by atoms with van der Waals surface area (Å²) in [7, 11) is 0. The Kier molecular flexibility index (Phi) is 6.90. The van der Waals surface area contributed by atoms with E-state index in [0.29, 0.717) is 5.56 Å². The molecule has 2 rings (SSSR count). The van der Waals surface area contributed by atoms with E-state index in [4.69, 9.17) is 9.47 Å². The van der Waals surface area contributed by atoms with Crippen LogP contribution >= 0.6 is 0 Å². The second-order valence-electron chi connectivity index (χ2n) is 5.79. The van der Waals surface area contributed by atoms with Crippen molar-refractivity contribution in [2.24, 2.45) is 0 Å². The molecule has 3 nitrogen and oxygen atoms in total. The standard InChI is InChI=1S/C21H23FO3/c1-4-24-21(23)19(22)18(16-11-7-5-8-12-16)20(25-15(2)3)17-13-9-6-10-14-17/h5-15,20H,4H2,1-3H3/b19-18-. The van der Waals surface area contributed by atoms with Gasteiger partial charge in [0.15, 0.2) is 0 Å². The van der Waals surface area contributed by atoms with Gasteiger partial charge in [-0.2, -0.15) is 4.39 Å². The molecule has 0 saturated carbocycles. The highest BCUT2D eigenvalue weighted by Crippen LogP contribution is 2.37. The summed E-state index contributed by atoms with van der Waals surface area (Å²) in [5.74, 6) is -1.91. The van der Waals surface area contributed by atoms with E-state index in [1.54, 1.807) is 31.2 Å². The Balaban J connectivity index is 2.62. The quantitative estimate of drug-likeness (QED) is 0.519. The normalized spacial score (nSPS) is 13.3. The van der Waals surface area contributed by atoms with Crippen molar-refractivity contribution in [3.8, 4) is 0 Å². The Hall–Kier alpha value is -2.46. The molecule has 132 valence electrons. The molecular weight excluding hydrogens is 319 g/mol. The molecule has 0 heterocycles. The number of ether oxygens (including phenoxy) is 2. The highest BCUT2D eigenvalue weighted by molar-refractivity contribution is 5.96. The summed E-state index contributed by atoms with van der Waals surface area (Å²) in [5, 5.41) is 0. The molecule has 1 unspecified atom stereocenters. The smallest absolute Gasteiger partial charge is 0.367 e. The van der Waals surface area contributed by atoms with E-state index in [-0.39, 0.29) is 18.3 Å². The molecule has 1 atom stereocenters. The molecule has 2 aromatic rings. The molecule has 2 aromatic carbocycles. The maximum absolute atomic E-state index is 15.0. The molecule has 0 amide bonds. The van der Waals surface area contributed by atoms with Crippen LogP contribution in [-0.2, 0) is 14.3 Å². The van der Waals surface area contributed by atoms with Crippen molar-refractivity contribution in [1.29, 1.82) is 0 Å². The molecule has 0 aliphatic carbocycles. The van der Waals surface area contributed by atoms with Crippen LogP contribution in [0.5, 0.6) is 0 Å². The van der Waals surface area contributed by atoms with Crippen LogP contribution in [0.4, 0.5) is 4.39 Å². The van der Waals surface area contributed by atoms with Crippen molar-refractivity contribution >= 4 is 11.5 Å². The van der Waals surface area contributed by atoms with Crippen LogP contribution in [0.25, 0.3) is 5.57 Å². The molecule has 0 aliphatic rings. The lowest BCUT2D eigenvalue weighted by Gasteiger charge is -2.24. The van der Waals surface area contributed by atoms with Crippen molar-refractivity contribution in [3.05, 3.63) is 77.6 Å². The Bertz CT molecular complexity index is 708. The first kappa shape index (κ1) is 18.9. The van der Waals surface area contributed by atoms with Crippen molar-refractivity contribution < 1.29 is 18.7 Å². The first-order valence-electron chi connectivity index (χ1n) is 8.37. The molecular formula is C21H23FO3. The molecule has 4 heteroatoms. The van der Waals surface area contributed by atoms with Gasteiger partial charge in [-0.1, -0.05) is 60.7 Å². The SMILES string of the molecule is CCOC(=O)/C(F)=C(\c1ccccc1)C(OC(C)C)c1ccccc1. The van der Waals surface area contributed by atoms with Gasteiger partial charge in [0.05, 0.1) is 12.7 Å². The van der Waals surface area contributed by atoms with E-state index < -0.39 is 17.9 Å². The molecule has 0 saturated heterocycles. The average Bonchev–Trinajstić information content (AvgIpc) is 2.62. The Morgan fingerprint density at radius 2 is 1.56 bits per heavy atom. The second-order valence-corrected chi connectivity index (χ2v) is 5.79. The third-order valence-corrected chi connectivity index (χ3v) is 3.55. The third kappa shape index (κ3) is 5.00. The minimum atomic E-state index is -0.977. The molecule has 0 aromatic heterocycles. The number of benzene rings is 2. The van der Waals surface area contributed by atoms with Crippen molar-refractivity contribution in [3.63, 3.8) is 0 Å². The number of esters is 1. The van der Waals surface area contributed by atoms with Gasteiger partial charge < -0.3 is 9.47 Å². The van der Waals surface area contributed by atoms with Crippen LogP contribution < -0.4 is 0 Å². The van der Waals surface area contributed by atoms with E-state index in [2.05, 4.69) is 0 Å². The number of rotatable bonds is 7. The van der Waals surface area contributed by atoms with Crippen LogP contribution in [0.15, 0.2) is 66.5 Å². The van der Waals surface area contributed by atoms with Gasteiger partial charge in [-0.3, -0.25) is 0 Å². The summed E-state index contributed by atoms with van der Waals surface area (Å²) in [6.07, 6.45) is -0.869. The largest absolute Gasteiger partial charge is 0.461 e. The van der Waals surface area contributed by atoms with Crippen LogP contribution in [-0.4, -0.2) is 18.7 Å². The van der Waals surface area contributed by atoms with Crippen molar-refractivity contribution in [1.82, 2.24) is 0 Å². The maximum atomic E-state index is 15.0. The first-order valence-corrected chi connectivity index (χ1v) is 8.37. The van der Waals surface area contributed by atoms with Gasteiger partial charge in [0.2, 0.25) is 5.83 Å². The predicted molar refractivity (Wildman–Crippen MR) is 96.5 cm³/mol. The molecule has 0 radical (unpaired) electrons. The monoisotopic (exact) mass is 342 g/mol. The topological polar surface area (TPSA) is 35.5 Å². The van der Waals surface area contributed by atoms with Crippen molar-refractivity contribution in [2.45, 2.75) is 33.0 Å². The lowest BCUT2D eigenvalue weighted by molar-refractivity contribution is -0.140. The second kappa shape index (κ2) is 9.14. The Morgan fingerprint density at radius 1 is 1.00 bits per heavy atom. The zero-order valence-corrected chi connectivity index (χ0v) is 14.7. The lowest BCUT2D eigenvalue weighted by atomic mass is 9.94. The van der Waals surface area contributed by atoms with Gasteiger partial charge in [0.25, 0.3) is 0 Å². The third-order valence-electron chi connectivity index (χ3n) is 3.55. The van der Waals surface area contributed by atoms with Crippen LogP contribution in [0.1, 0.15) is 38.0 Å². The van der Waals surface area contributed by atoms with Crippen LogP contribution in [0, 0.1) is 0 Å². The fourth-order valence-electron chi connectivity index (χ4n) is 2.53. The lowest BCUT2D eigenvalue weighted by Crippen LogP contribution is -2.16. The number of hydrogen-bond donors (Lipinski definition) is 0. The van der Waals surface area contributed by atoms with Gasteiger partial charge in [0.1, 0.15) is 6.10 Å². The summed E-state index contributed by atoms with van der Waals surface area (Å²) >= 11 is 0. The fourth-order valence-corrected chi connectivity index (χ4v) is 2.53. The highest BCUT2D eigenvalue weighted by atomic mass is 19.1. The number of halogens is 1. The summed E-state index contributed by atoms with van der Waals surface area (Å²) in [5.41, 5.74) is 1.54. The summed E-state index contributed by atoms with van der Waals surface area (Å²) in [4.78, 5) is 12.1. The molecule has 0 spiro atoms. The molecule has 0 aliphatic heterocycles. The average molecular weight is 342 g/mol. The molecule has 25 heavy (non-hydrogen) atoms. The van der Waals surface area contributed by atoms with Gasteiger partial charge in [0, 0.05) is 5.57 Å². The summed E-state index contributed by atoms with van der Waals surface area (Å²) < 4.78 is 25.9. The van der Waals surface area contributed by atoms with Gasteiger partial charge in [-0.25, -0.2) is 4.79 Å². The van der Waals surface area contributed by atoms with E-state index >= 15 is 4.39 Å². The fraction of sp³-hybridized carbons (Fsp3) is 0.286. The summed E-state index contributed by atoms with van der Waals surface area (Å²) in [6, 6.07) is 18.3. The van der Waals surface area contributed by atoms with Gasteiger partial charge in [-0.05, 0) is 31.9 Å². The minimum absolute atomic E-state index is 0.107. The van der Waals surface area contributed by atoms with Gasteiger partial charge in [-0.15, -0.1) is 0 Å². The molecule has 0 N–H and O–H groups in total. The number of hydrogen-bond acceptors (Lipinski definition) is 3. The minimum Gasteiger partial charge on any atom is -0.461 e. The van der Waals surface area contributed by atoms with Gasteiger partial charge >= 0.3 is 5.97 Å². The number of carbonyl (C=O) groups is 1. The first-order chi connectivity index (χ1) is 12.0. The van der Waals surface area contributed by atoms with E-state index in [0.717, 1.165) is 5.56 Å². The molecule has 0 fully saturated rings. The van der Waals surface area contributed by atoms with E-state index in [1.165, 1.54) is 0 Å². The predicted octanol–water partition coefficient (Wildman–Crippen LogP) is 5.10. The van der Waals surface area contributed by atoms with Crippen LogP contribution in [0.2, 0.25) is 0 Å². The Morgan fingerprint density at radius 3 is 2.08 bits per heavy atom. The van der Waals surface area contributed by atoms with Crippen LogP contribution in [0.3, 0.4) is 0 Å². The summed E-state index contributed by atoms with van der Waals surface area (Å²) in [6.45, 7) is 5.50. The number of carbonyl (C=O) groups excluding carboxylic acids is 1. The maximum Gasteiger partial charge on any atom is 0.367 e. The Labute approximate surface area is 148 Å². The molecule has 0 bridgehead atoms. The van der Waals surface area contributed by atoms with Crippen molar-refractivity contribution in [2.75, 3.05) is 6.61 Å². The zero-order valence-electron chi connectivity index (χ0n) is 14.7.